The van der Waals surface area contributed by atoms with Crippen molar-refractivity contribution < 1.29 is 0 Å². The molecule has 0 spiro atoms. The Kier molecular flexibility index (Phi) is 4.58. The molecular weight excluding hydrogens is 348 g/mol. The van der Waals surface area contributed by atoms with E-state index >= 15 is 0 Å². The van der Waals surface area contributed by atoms with E-state index in [2.05, 4.69) is 56.3 Å². The van der Waals surface area contributed by atoms with E-state index in [1.807, 2.05) is 35.7 Å². The molecule has 3 aromatic carbocycles. The Morgan fingerprint density at radius 3 is 2.67 bits per heavy atom. The Hall–Kier alpha value is -3.22. The van der Waals surface area contributed by atoms with Gasteiger partial charge in [-0.25, -0.2) is 4.98 Å². The van der Waals surface area contributed by atoms with E-state index in [1.165, 1.54) is 27.8 Å². The summed E-state index contributed by atoms with van der Waals surface area (Å²) in [5.41, 5.74) is 6.10. The average molecular weight is 366 g/mol. The van der Waals surface area contributed by atoms with E-state index in [0.717, 1.165) is 27.2 Å². The Balaban J connectivity index is 1.77. The fourth-order valence-electron chi connectivity index (χ4n) is 3.30. The number of fused-ring (bicyclic) bond motifs is 1. The van der Waals surface area contributed by atoms with Crippen LogP contribution < -0.4 is 0 Å². The van der Waals surface area contributed by atoms with E-state index < -0.39 is 0 Å². The topological polar surface area (TPSA) is 36.7 Å². The highest BCUT2D eigenvalue weighted by molar-refractivity contribution is 7.11. The zero-order chi connectivity index (χ0) is 18.8. The van der Waals surface area contributed by atoms with Crippen molar-refractivity contribution in [3.63, 3.8) is 0 Å². The number of benzene rings is 3. The molecule has 27 heavy (non-hydrogen) atoms. The third-order valence-corrected chi connectivity index (χ3v) is 5.51. The number of hydrogen-bond acceptors (Lipinski definition) is 3. The molecule has 130 valence electrons. The first kappa shape index (κ1) is 17.2. The van der Waals surface area contributed by atoms with Gasteiger partial charge in [-0.05, 0) is 41.8 Å². The van der Waals surface area contributed by atoms with Crippen LogP contribution >= 0.6 is 11.3 Å². The van der Waals surface area contributed by atoms with Crippen molar-refractivity contribution in [2.45, 2.75) is 13.8 Å². The monoisotopic (exact) mass is 366 g/mol. The summed E-state index contributed by atoms with van der Waals surface area (Å²) < 4.78 is 0. The SMILES string of the molecule is Cc1ccc(-c2csc(/C(C#N)=C/c3cccc4ccccc34)n2)c(C)c1. The summed E-state index contributed by atoms with van der Waals surface area (Å²) in [7, 11) is 0. The van der Waals surface area contributed by atoms with Crippen molar-refractivity contribution in [3.05, 3.63) is 87.7 Å². The number of nitrogens with zero attached hydrogens (tertiary/aromatic N) is 2. The van der Waals surface area contributed by atoms with Crippen molar-refractivity contribution in [1.82, 2.24) is 4.98 Å². The summed E-state index contributed by atoms with van der Waals surface area (Å²) in [4.78, 5) is 4.75. The lowest BCUT2D eigenvalue weighted by molar-refractivity contribution is 1.32. The molecule has 0 saturated heterocycles. The number of aryl methyl sites for hydroxylation is 2. The number of aromatic nitrogens is 1. The Bertz CT molecular complexity index is 1200. The van der Waals surface area contributed by atoms with Crippen LogP contribution in [0.15, 0.2) is 66.0 Å². The molecule has 0 amide bonds. The average Bonchev–Trinajstić information content (AvgIpc) is 3.15. The molecule has 0 fully saturated rings. The van der Waals surface area contributed by atoms with Gasteiger partial charge in [0.15, 0.2) is 0 Å². The van der Waals surface area contributed by atoms with Crippen molar-refractivity contribution in [1.29, 1.82) is 5.26 Å². The quantitative estimate of drug-likeness (QED) is 0.381. The Morgan fingerprint density at radius 2 is 1.85 bits per heavy atom. The largest absolute Gasteiger partial charge is 0.235 e. The maximum Gasteiger partial charge on any atom is 0.134 e. The molecule has 0 atom stereocenters. The van der Waals surface area contributed by atoms with Crippen LogP contribution in [-0.4, -0.2) is 4.98 Å². The molecule has 1 aromatic heterocycles. The number of allylic oxidation sites excluding steroid dienone is 1. The third-order valence-electron chi connectivity index (χ3n) is 4.64. The molecule has 0 aliphatic carbocycles. The third kappa shape index (κ3) is 3.40. The molecular formula is C24H18N2S. The first-order valence-electron chi connectivity index (χ1n) is 8.79. The molecule has 4 aromatic rings. The van der Waals surface area contributed by atoms with E-state index in [1.54, 1.807) is 0 Å². The lowest BCUT2D eigenvalue weighted by Gasteiger charge is -2.04. The molecule has 1 heterocycles. The first-order chi connectivity index (χ1) is 13.2. The first-order valence-corrected chi connectivity index (χ1v) is 9.67. The molecule has 4 rings (SSSR count). The number of thiazole rings is 1. The molecule has 0 N–H and O–H groups in total. The van der Waals surface area contributed by atoms with Crippen LogP contribution in [0.3, 0.4) is 0 Å². The van der Waals surface area contributed by atoms with E-state index in [0.29, 0.717) is 5.57 Å². The van der Waals surface area contributed by atoms with Gasteiger partial charge in [0, 0.05) is 10.9 Å². The second-order valence-corrected chi connectivity index (χ2v) is 7.45. The lowest BCUT2D eigenvalue weighted by atomic mass is 10.0. The minimum absolute atomic E-state index is 0.590. The Morgan fingerprint density at radius 1 is 1.04 bits per heavy atom. The summed E-state index contributed by atoms with van der Waals surface area (Å²) in [6, 6.07) is 23.0. The summed E-state index contributed by atoms with van der Waals surface area (Å²) in [5, 5.41) is 14.8. The smallest absolute Gasteiger partial charge is 0.134 e. The maximum atomic E-state index is 9.73. The van der Waals surface area contributed by atoms with Gasteiger partial charge in [-0.1, -0.05) is 66.2 Å². The summed E-state index contributed by atoms with van der Waals surface area (Å²) >= 11 is 1.51. The Labute approximate surface area is 163 Å². The molecule has 0 bridgehead atoms. The molecule has 2 nitrogen and oxygen atoms in total. The summed E-state index contributed by atoms with van der Waals surface area (Å²) in [6.07, 6.45) is 1.94. The van der Waals surface area contributed by atoms with Gasteiger partial charge in [-0.3, -0.25) is 0 Å². The highest BCUT2D eigenvalue weighted by atomic mass is 32.1. The molecule has 0 radical (unpaired) electrons. The van der Waals surface area contributed by atoms with Gasteiger partial charge in [0.2, 0.25) is 0 Å². The molecule has 0 aliphatic rings. The summed E-state index contributed by atoms with van der Waals surface area (Å²) in [5.74, 6) is 0. The van der Waals surface area contributed by atoms with Gasteiger partial charge >= 0.3 is 0 Å². The zero-order valence-corrected chi connectivity index (χ0v) is 16.0. The number of rotatable bonds is 3. The highest BCUT2D eigenvalue weighted by Crippen LogP contribution is 2.30. The fraction of sp³-hybridized carbons (Fsp3) is 0.0833. The molecule has 0 saturated carbocycles. The predicted octanol–water partition coefficient (Wildman–Crippen LogP) is 6.64. The van der Waals surface area contributed by atoms with Crippen molar-refractivity contribution in [2.24, 2.45) is 0 Å². The van der Waals surface area contributed by atoms with Gasteiger partial charge in [0.25, 0.3) is 0 Å². The second kappa shape index (κ2) is 7.19. The summed E-state index contributed by atoms with van der Waals surface area (Å²) in [6.45, 7) is 4.18. The minimum atomic E-state index is 0.590. The van der Waals surface area contributed by atoms with Gasteiger partial charge in [0.05, 0.1) is 11.3 Å². The van der Waals surface area contributed by atoms with Crippen LogP contribution in [0.2, 0.25) is 0 Å². The second-order valence-electron chi connectivity index (χ2n) is 6.59. The van der Waals surface area contributed by atoms with Gasteiger partial charge in [-0.15, -0.1) is 11.3 Å². The predicted molar refractivity (Wildman–Crippen MR) is 114 cm³/mol. The van der Waals surface area contributed by atoms with E-state index in [9.17, 15) is 5.26 Å². The van der Waals surface area contributed by atoms with Crippen LogP contribution in [0.4, 0.5) is 0 Å². The normalized spacial score (nSPS) is 11.5. The van der Waals surface area contributed by atoms with Crippen molar-refractivity contribution in [2.75, 3.05) is 0 Å². The fourth-order valence-corrected chi connectivity index (χ4v) is 4.08. The van der Waals surface area contributed by atoms with Crippen molar-refractivity contribution >= 4 is 33.8 Å². The number of hydrogen-bond donors (Lipinski definition) is 0. The van der Waals surface area contributed by atoms with Crippen LogP contribution in [0.25, 0.3) is 33.7 Å². The number of nitriles is 1. The van der Waals surface area contributed by atoms with Crippen LogP contribution in [0, 0.1) is 25.2 Å². The van der Waals surface area contributed by atoms with Crippen LogP contribution in [0.5, 0.6) is 0 Å². The van der Waals surface area contributed by atoms with Gasteiger partial charge < -0.3 is 0 Å². The molecule has 0 aliphatic heterocycles. The van der Waals surface area contributed by atoms with Crippen LogP contribution in [-0.2, 0) is 0 Å². The molecule has 3 heteroatoms. The van der Waals surface area contributed by atoms with Crippen molar-refractivity contribution in [3.8, 4) is 17.3 Å². The highest BCUT2D eigenvalue weighted by Gasteiger charge is 2.11. The standard InChI is InChI=1S/C24H18N2S/c1-16-10-11-21(17(2)12-16)23-15-27-24(26-23)20(14-25)13-19-8-5-7-18-6-3-4-9-22(18)19/h3-13,15H,1-2H3/b20-13+. The van der Waals surface area contributed by atoms with Gasteiger partial charge in [0.1, 0.15) is 11.1 Å². The molecule has 0 unspecified atom stereocenters. The van der Waals surface area contributed by atoms with E-state index in [-0.39, 0.29) is 0 Å². The van der Waals surface area contributed by atoms with Gasteiger partial charge in [-0.2, -0.15) is 5.26 Å². The minimum Gasteiger partial charge on any atom is -0.235 e. The zero-order valence-electron chi connectivity index (χ0n) is 15.2. The van der Waals surface area contributed by atoms with E-state index in [4.69, 9.17) is 4.98 Å². The van der Waals surface area contributed by atoms with Crippen LogP contribution in [0.1, 0.15) is 21.7 Å². The lowest BCUT2D eigenvalue weighted by Crippen LogP contribution is -1.87. The maximum absolute atomic E-state index is 9.73.